The van der Waals surface area contributed by atoms with Crippen LogP contribution in [0.1, 0.15) is 6.92 Å². The average Bonchev–Trinajstić information content (AvgIpc) is 2.69. The van der Waals surface area contributed by atoms with Crippen molar-refractivity contribution in [3.05, 3.63) is 71.0 Å². The fraction of sp³-hybridized carbons (Fsp3) is 0.111. The predicted molar refractivity (Wildman–Crippen MR) is 103 cm³/mol. The zero-order valence-corrected chi connectivity index (χ0v) is 14.5. The van der Waals surface area contributed by atoms with E-state index in [1.165, 1.54) is 6.33 Å². The van der Waals surface area contributed by atoms with E-state index in [1.807, 2.05) is 43.3 Å². The van der Waals surface area contributed by atoms with Crippen molar-refractivity contribution in [2.24, 2.45) is 0 Å². The van der Waals surface area contributed by atoms with Gasteiger partial charge in [0.25, 0.3) is 0 Å². The van der Waals surface area contributed by atoms with Gasteiger partial charge in [-0.15, -0.1) is 0 Å². The Hall–Kier alpha value is -3.88. The number of hydrazine groups is 1. The Kier molecular flexibility index (Phi) is 5.63. The number of nitrogens with one attached hydrogen (secondary N) is 3. The molecule has 3 N–H and O–H groups in total. The maximum atomic E-state index is 11.6. The third-order valence-electron chi connectivity index (χ3n) is 3.54. The van der Waals surface area contributed by atoms with Gasteiger partial charge in [0.2, 0.25) is 11.6 Å². The molecule has 9 heteroatoms. The van der Waals surface area contributed by atoms with Gasteiger partial charge >= 0.3 is 5.69 Å². The molecule has 0 amide bonds. The SMILES string of the molecule is CCOc1ccccc1Nc1ncnc(NNc2ccccc2)c1[N+](=O)[O-]. The molecule has 0 spiro atoms. The van der Waals surface area contributed by atoms with E-state index < -0.39 is 4.92 Å². The van der Waals surface area contributed by atoms with Gasteiger partial charge in [0.05, 0.1) is 22.9 Å². The fourth-order valence-corrected chi connectivity index (χ4v) is 2.37. The van der Waals surface area contributed by atoms with Crippen LogP contribution in [0, 0.1) is 10.1 Å². The molecule has 0 radical (unpaired) electrons. The number of nitro groups is 1. The van der Waals surface area contributed by atoms with E-state index in [9.17, 15) is 10.1 Å². The summed E-state index contributed by atoms with van der Waals surface area (Å²) in [5.74, 6) is 0.666. The summed E-state index contributed by atoms with van der Waals surface area (Å²) in [6, 6.07) is 16.3. The first-order valence-electron chi connectivity index (χ1n) is 8.24. The van der Waals surface area contributed by atoms with Crippen LogP contribution in [0.4, 0.5) is 28.7 Å². The van der Waals surface area contributed by atoms with Crippen LogP contribution in [0.5, 0.6) is 5.75 Å². The van der Waals surface area contributed by atoms with Crippen LogP contribution in [0.15, 0.2) is 60.9 Å². The van der Waals surface area contributed by atoms with Gasteiger partial charge in [-0.1, -0.05) is 30.3 Å². The molecule has 1 aromatic heterocycles. The molecule has 0 aliphatic heterocycles. The molecule has 1 heterocycles. The van der Waals surface area contributed by atoms with Crippen LogP contribution in [0.2, 0.25) is 0 Å². The van der Waals surface area contributed by atoms with Crippen molar-refractivity contribution >= 4 is 28.7 Å². The Bertz CT molecular complexity index is 920. The monoisotopic (exact) mass is 366 g/mol. The first-order valence-corrected chi connectivity index (χ1v) is 8.24. The van der Waals surface area contributed by atoms with Crippen LogP contribution in [0.25, 0.3) is 0 Å². The van der Waals surface area contributed by atoms with E-state index in [0.717, 1.165) is 5.69 Å². The quantitative estimate of drug-likeness (QED) is 0.405. The number of rotatable bonds is 8. The second-order valence-corrected chi connectivity index (χ2v) is 5.35. The number of para-hydroxylation sites is 3. The zero-order valence-electron chi connectivity index (χ0n) is 14.5. The highest BCUT2D eigenvalue weighted by molar-refractivity contribution is 5.76. The molecule has 0 unspecified atom stereocenters. The Morgan fingerprint density at radius 2 is 1.70 bits per heavy atom. The summed E-state index contributed by atoms with van der Waals surface area (Å²) >= 11 is 0. The van der Waals surface area contributed by atoms with E-state index in [0.29, 0.717) is 18.0 Å². The molecule has 138 valence electrons. The maximum Gasteiger partial charge on any atom is 0.355 e. The maximum absolute atomic E-state index is 11.6. The Labute approximate surface area is 155 Å². The molecule has 3 aromatic rings. The third-order valence-corrected chi connectivity index (χ3v) is 3.54. The van der Waals surface area contributed by atoms with Gasteiger partial charge in [-0.2, -0.15) is 0 Å². The summed E-state index contributed by atoms with van der Waals surface area (Å²) in [6.07, 6.45) is 1.24. The second kappa shape index (κ2) is 8.48. The number of hydrogen-bond donors (Lipinski definition) is 3. The van der Waals surface area contributed by atoms with Gasteiger partial charge in [-0.3, -0.25) is 21.0 Å². The molecule has 0 aliphatic rings. The predicted octanol–water partition coefficient (Wildman–Crippen LogP) is 3.97. The van der Waals surface area contributed by atoms with Crippen molar-refractivity contribution in [3.63, 3.8) is 0 Å². The van der Waals surface area contributed by atoms with Gasteiger partial charge < -0.3 is 10.1 Å². The van der Waals surface area contributed by atoms with Crippen molar-refractivity contribution in [2.45, 2.75) is 6.92 Å². The molecule has 0 saturated heterocycles. The Balaban J connectivity index is 1.89. The molecule has 27 heavy (non-hydrogen) atoms. The second-order valence-electron chi connectivity index (χ2n) is 5.35. The average molecular weight is 366 g/mol. The van der Waals surface area contributed by atoms with E-state index in [-0.39, 0.29) is 17.3 Å². The van der Waals surface area contributed by atoms with Crippen molar-refractivity contribution in [1.82, 2.24) is 9.97 Å². The van der Waals surface area contributed by atoms with E-state index in [1.54, 1.807) is 18.2 Å². The molecule has 0 saturated carbocycles. The van der Waals surface area contributed by atoms with Crippen LogP contribution >= 0.6 is 0 Å². The van der Waals surface area contributed by atoms with Crippen LogP contribution < -0.4 is 20.9 Å². The smallest absolute Gasteiger partial charge is 0.355 e. The summed E-state index contributed by atoms with van der Waals surface area (Å²) in [4.78, 5) is 19.1. The molecule has 0 bridgehead atoms. The summed E-state index contributed by atoms with van der Waals surface area (Å²) < 4.78 is 5.54. The number of anilines is 4. The molecule has 2 aromatic carbocycles. The number of nitrogens with zero attached hydrogens (tertiary/aromatic N) is 3. The van der Waals surface area contributed by atoms with Crippen molar-refractivity contribution < 1.29 is 9.66 Å². The molecule has 9 nitrogen and oxygen atoms in total. The number of benzene rings is 2. The highest BCUT2D eigenvalue weighted by Crippen LogP contribution is 2.34. The van der Waals surface area contributed by atoms with E-state index in [4.69, 9.17) is 4.74 Å². The third kappa shape index (κ3) is 4.40. The van der Waals surface area contributed by atoms with Crippen molar-refractivity contribution in [3.8, 4) is 5.75 Å². The van der Waals surface area contributed by atoms with Gasteiger partial charge in [-0.25, -0.2) is 9.97 Å². The summed E-state index contributed by atoms with van der Waals surface area (Å²) in [6.45, 7) is 2.33. The molecule has 0 aliphatic carbocycles. The fourth-order valence-electron chi connectivity index (χ4n) is 2.37. The number of hydrogen-bond acceptors (Lipinski definition) is 8. The summed E-state index contributed by atoms with van der Waals surface area (Å²) in [5.41, 5.74) is 6.67. The summed E-state index contributed by atoms with van der Waals surface area (Å²) in [5, 5.41) is 14.6. The highest BCUT2D eigenvalue weighted by Gasteiger charge is 2.24. The molecule has 3 rings (SSSR count). The van der Waals surface area contributed by atoms with Gasteiger partial charge in [0, 0.05) is 0 Å². The van der Waals surface area contributed by atoms with Crippen LogP contribution in [0.3, 0.4) is 0 Å². The molecular formula is C18H18N6O3. The van der Waals surface area contributed by atoms with Gasteiger partial charge in [-0.05, 0) is 31.2 Å². The normalized spacial score (nSPS) is 10.1. The van der Waals surface area contributed by atoms with Gasteiger partial charge in [0.1, 0.15) is 12.1 Å². The molecular weight excluding hydrogens is 348 g/mol. The first-order chi connectivity index (χ1) is 13.2. The minimum absolute atomic E-state index is 0.0373. The topological polar surface area (TPSA) is 114 Å². The lowest BCUT2D eigenvalue weighted by Gasteiger charge is -2.13. The first kappa shape index (κ1) is 17.9. The Morgan fingerprint density at radius 3 is 2.44 bits per heavy atom. The van der Waals surface area contributed by atoms with Crippen molar-refractivity contribution in [2.75, 3.05) is 22.8 Å². The summed E-state index contributed by atoms with van der Waals surface area (Å²) in [7, 11) is 0. The van der Waals surface area contributed by atoms with Crippen molar-refractivity contribution in [1.29, 1.82) is 0 Å². The number of ether oxygens (including phenoxy) is 1. The van der Waals surface area contributed by atoms with E-state index >= 15 is 0 Å². The minimum Gasteiger partial charge on any atom is -0.492 e. The molecule has 0 atom stereocenters. The Morgan fingerprint density at radius 1 is 1.00 bits per heavy atom. The van der Waals surface area contributed by atoms with Crippen LogP contribution in [-0.4, -0.2) is 21.5 Å². The largest absolute Gasteiger partial charge is 0.492 e. The standard InChI is InChI=1S/C18H18N6O3/c1-2-27-15-11-7-6-10-14(15)21-17-16(24(25)26)18(20-12-19-17)23-22-13-8-4-3-5-9-13/h3-12,22H,2H2,1H3,(H2,19,20,21,23). The molecule has 0 fully saturated rings. The minimum atomic E-state index is -0.541. The zero-order chi connectivity index (χ0) is 19.1. The van der Waals surface area contributed by atoms with Crippen LogP contribution in [-0.2, 0) is 0 Å². The lowest BCUT2D eigenvalue weighted by Crippen LogP contribution is -2.13. The number of aromatic nitrogens is 2. The van der Waals surface area contributed by atoms with E-state index in [2.05, 4.69) is 26.1 Å². The highest BCUT2D eigenvalue weighted by atomic mass is 16.6. The lowest BCUT2D eigenvalue weighted by molar-refractivity contribution is -0.383. The lowest BCUT2D eigenvalue weighted by atomic mass is 10.3. The van der Waals surface area contributed by atoms with Gasteiger partial charge in [0.15, 0.2) is 0 Å².